The Bertz CT molecular complexity index is 682. The van der Waals surface area contributed by atoms with E-state index in [1.165, 1.54) is 0 Å². The predicted molar refractivity (Wildman–Crippen MR) is 101 cm³/mol. The highest BCUT2D eigenvalue weighted by atomic mass is 32.2. The molecule has 1 amide bonds. The van der Waals surface area contributed by atoms with Gasteiger partial charge in [-0.3, -0.25) is 15.0 Å². The third kappa shape index (κ3) is 4.18. The maximum atomic E-state index is 13.6. The molecule has 0 aromatic heterocycles. The zero-order valence-electron chi connectivity index (χ0n) is 15.8. The van der Waals surface area contributed by atoms with Crippen LogP contribution in [0.2, 0.25) is 0 Å². The number of fused-ring (bicyclic) bond motifs is 1. The first kappa shape index (κ1) is 20.4. The van der Waals surface area contributed by atoms with Gasteiger partial charge in [-0.2, -0.15) is 0 Å². The summed E-state index contributed by atoms with van der Waals surface area (Å²) in [5.41, 5.74) is 9.12. The summed E-state index contributed by atoms with van der Waals surface area (Å²) >= 11 is 0. The van der Waals surface area contributed by atoms with Crippen LogP contribution in [0.3, 0.4) is 0 Å². The van der Waals surface area contributed by atoms with E-state index in [4.69, 9.17) is 5.73 Å². The number of halogens is 1. The van der Waals surface area contributed by atoms with Gasteiger partial charge in [0.25, 0.3) is 0 Å². The maximum absolute atomic E-state index is 13.6. The SMILES string of the molecule is NC1NN2CC(F)CNC2C1C(=O)NC1CNCCC1N1CCS(=O)(=O)CC1. The lowest BCUT2D eigenvalue weighted by Gasteiger charge is -2.42. The summed E-state index contributed by atoms with van der Waals surface area (Å²) in [5, 5.41) is 11.2. The lowest BCUT2D eigenvalue weighted by Crippen LogP contribution is -2.64. The van der Waals surface area contributed by atoms with Crippen LogP contribution in [-0.2, 0) is 14.6 Å². The van der Waals surface area contributed by atoms with Crippen LogP contribution in [0.25, 0.3) is 0 Å². The van der Waals surface area contributed by atoms with Crippen LogP contribution >= 0.6 is 0 Å². The molecule has 0 aromatic rings. The number of hydrogen-bond acceptors (Lipinski definition) is 9. The van der Waals surface area contributed by atoms with Crippen molar-refractivity contribution in [3.8, 4) is 0 Å². The van der Waals surface area contributed by atoms with Crippen molar-refractivity contribution in [3.05, 3.63) is 0 Å². The second-order valence-corrected chi connectivity index (χ2v) is 10.5. The molecule has 12 heteroatoms. The Morgan fingerprint density at radius 3 is 2.71 bits per heavy atom. The van der Waals surface area contributed by atoms with Crippen molar-refractivity contribution in [2.45, 2.75) is 37.0 Å². The molecule has 28 heavy (non-hydrogen) atoms. The molecule has 0 aliphatic carbocycles. The van der Waals surface area contributed by atoms with E-state index in [2.05, 4.69) is 26.3 Å². The Kier molecular flexibility index (Phi) is 5.89. The van der Waals surface area contributed by atoms with Gasteiger partial charge < -0.3 is 16.4 Å². The van der Waals surface area contributed by atoms with Gasteiger partial charge in [0.15, 0.2) is 9.84 Å². The Labute approximate surface area is 164 Å². The molecule has 6 atom stereocenters. The minimum atomic E-state index is -2.95. The molecule has 4 aliphatic rings. The molecule has 0 radical (unpaired) electrons. The molecule has 4 saturated heterocycles. The van der Waals surface area contributed by atoms with Crippen molar-refractivity contribution in [1.82, 2.24) is 31.3 Å². The lowest BCUT2D eigenvalue weighted by molar-refractivity contribution is -0.128. The van der Waals surface area contributed by atoms with E-state index in [-0.39, 0.29) is 48.8 Å². The van der Waals surface area contributed by atoms with Crippen LogP contribution in [0.4, 0.5) is 4.39 Å². The Hall–Kier alpha value is -0.890. The fourth-order valence-corrected chi connectivity index (χ4v) is 5.97. The van der Waals surface area contributed by atoms with Crippen molar-refractivity contribution < 1.29 is 17.6 Å². The van der Waals surface area contributed by atoms with E-state index in [0.717, 1.165) is 13.0 Å². The van der Waals surface area contributed by atoms with Crippen molar-refractivity contribution in [2.75, 3.05) is 50.8 Å². The number of hydrogen-bond donors (Lipinski definition) is 5. The molecule has 0 bridgehead atoms. The average molecular weight is 420 g/mol. The van der Waals surface area contributed by atoms with Gasteiger partial charge in [-0.25, -0.2) is 23.2 Å². The second kappa shape index (κ2) is 8.09. The van der Waals surface area contributed by atoms with Crippen LogP contribution in [-0.4, -0.2) is 106 Å². The third-order valence-corrected chi connectivity index (χ3v) is 7.85. The molecule has 0 aromatic carbocycles. The highest BCUT2D eigenvalue weighted by molar-refractivity contribution is 7.91. The largest absolute Gasteiger partial charge is 0.350 e. The highest BCUT2D eigenvalue weighted by Gasteiger charge is 2.47. The number of nitrogens with zero attached hydrogens (tertiary/aromatic N) is 2. The number of sulfone groups is 1. The molecule has 6 unspecified atom stereocenters. The predicted octanol–water partition coefficient (Wildman–Crippen LogP) is -3.45. The minimum absolute atomic E-state index is 0.0944. The summed E-state index contributed by atoms with van der Waals surface area (Å²) < 4.78 is 37.1. The number of amides is 1. The van der Waals surface area contributed by atoms with E-state index in [0.29, 0.717) is 19.6 Å². The van der Waals surface area contributed by atoms with Crippen LogP contribution in [0.5, 0.6) is 0 Å². The molecule has 4 rings (SSSR count). The van der Waals surface area contributed by atoms with Crippen LogP contribution in [0, 0.1) is 5.92 Å². The second-order valence-electron chi connectivity index (χ2n) is 8.15. The smallest absolute Gasteiger partial charge is 0.229 e. The summed E-state index contributed by atoms with van der Waals surface area (Å²) in [6.07, 6.45) is -1.08. The summed E-state index contributed by atoms with van der Waals surface area (Å²) in [4.78, 5) is 15.2. The molecule has 6 N–H and O–H groups in total. The Balaban J connectivity index is 1.41. The van der Waals surface area contributed by atoms with E-state index < -0.39 is 28.1 Å². The van der Waals surface area contributed by atoms with E-state index >= 15 is 0 Å². The van der Waals surface area contributed by atoms with Gasteiger partial charge in [0.05, 0.1) is 35.8 Å². The first-order valence-corrected chi connectivity index (χ1v) is 11.8. The Morgan fingerprint density at radius 2 is 1.96 bits per heavy atom. The molecule has 160 valence electrons. The van der Waals surface area contributed by atoms with Crippen molar-refractivity contribution in [3.63, 3.8) is 0 Å². The summed E-state index contributed by atoms with van der Waals surface area (Å²) in [6.45, 7) is 2.86. The number of hydrazine groups is 1. The van der Waals surface area contributed by atoms with Gasteiger partial charge in [-0.1, -0.05) is 0 Å². The standard InChI is InChI=1S/C16H30FN7O3S/c17-10-7-20-15-13(14(18)22-24(15)9-10)16(25)21-11-8-19-2-1-12(11)23-3-5-28(26,27)6-4-23/h10-15,19-20,22H,1-9,18H2,(H,21,25). The number of piperidine rings is 1. The molecule has 4 fully saturated rings. The van der Waals surface area contributed by atoms with Gasteiger partial charge in [0.2, 0.25) is 5.91 Å². The minimum Gasteiger partial charge on any atom is -0.350 e. The zero-order valence-corrected chi connectivity index (χ0v) is 16.6. The number of rotatable bonds is 3. The number of carbonyl (C=O) groups excluding carboxylic acids is 1. The number of nitrogens with two attached hydrogens (primary N) is 1. The quantitative estimate of drug-likeness (QED) is 0.317. The number of alkyl halides is 1. The molecular formula is C16H30FN7O3S. The summed E-state index contributed by atoms with van der Waals surface area (Å²) in [6, 6.07) is -0.0299. The van der Waals surface area contributed by atoms with Gasteiger partial charge in [-0.05, 0) is 13.0 Å². The van der Waals surface area contributed by atoms with E-state index in [1.807, 2.05) is 0 Å². The van der Waals surface area contributed by atoms with Gasteiger partial charge in [0, 0.05) is 38.8 Å². The first-order valence-electron chi connectivity index (χ1n) is 9.95. The monoisotopic (exact) mass is 419 g/mol. The number of nitrogens with one attached hydrogen (secondary N) is 4. The molecule has 4 aliphatic heterocycles. The fourth-order valence-electron chi connectivity index (χ4n) is 4.74. The van der Waals surface area contributed by atoms with Gasteiger partial charge in [0.1, 0.15) is 6.17 Å². The molecule has 0 saturated carbocycles. The van der Waals surface area contributed by atoms with Gasteiger partial charge in [-0.15, -0.1) is 0 Å². The first-order chi connectivity index (χ1) is 13.3. The maximum Gasteiger partial charge on any atom is 0.229 e. The van der Waals surface area contributed by atoms with Crippen LogP contribution in [0.15, 0.2) is 0 Å². The number of carbonyl (C=O) groups is 1. The van der Waals surface area contributed by atoms with E-state index in [1.54, 1.807) is 5.01 Å². The molecule has 0 spiro atoms. The van der Waals surface area contributed by atoms with Crippen molar-refractivity contribution >= 4 is 15.7 Å². The fraction of sp³-hybridized carbons (Fsp3) is 0.938. The summed E-state index contributed by atoms with van der Waals surface area (Å²) in [5.74, 6) is -0.363. The molecule has 10 nitrogen and oxygen atoms in total. The van der Waals surface area contributed by atoms with Crippen molar-refractivity contribution in [1.29, 1.82) is 0 Å². The molecular weight excluding hydrogens is 389 g/mol. The van der Waals surface area contributed by atoms with Crippen molar-refractivity contribution in [2.24, 2.45) is 11.7 Å². The van der Waals surface area contributed by atoms with Crippen LogP contribution < -0.4 is 27.1 Å². The topological polar surface area (TPSA) is 132 Å². The normalized spacial score (nSPS) is 42.1. The van der Waals surface area contributed by atoms with E-state index in [9.17, 15) is 17.6 Å². The summed E-state index contributed by atoms with van der Waals surface area (Å²) in [7, 11) is -2.95. The molecule has 4 heterocycles. The zero-order chi connectivity index (χ0) is 19.9. The highest BCUT2D eigenvalue weighted by Crippen LogP contribution is 2.23. The average Bonchev–Trinajstić information content (AvgIpc) is 2.97. The van der Waals surface area contributed by atoms with Crippen LogP contribution in [0.1, 0.15) is 6.42 Å². The third-order valence-electron chi connectivity index (χ3n) is 6.25. The van der Waals surface area contributed by atoms with Gasteiger partial charge >= 0.3 is 0 Å². The lowest BCUT2D eigenvalue weighted by atomic mass is 9.96. The Morgan fingerprint density at radius 1 is 1.21 bits per heavy atom.